The zero-order chi connectivity index (χ0) is 16.4. The van der Waals surface area contributed by atoms with Gasteiger partial charge < -0.3 is 5.32 Å². The lowest BCUT2D eigenvalue weighted by atomic mass is 9.76. The third-order valence-corrected chi connectivity index (χ3v) is 4.67. The summed E-state index contributed by atoms with van der Waals surface area (Å²) < 4.78 is 0. The molecule has 3 nitrogen and oxygen atoms in total. The highest BCUT2D eigenvalue weighted by atomic mass is 16.1. The van der Waals surface area contributed by atoms with Gasteiger partial charge in [-0.15, -0.1) is 0 Å². The predicted molar refractivity (Wildman–Crippen MR) is 91.5 cm³/mol. The maximum atomic E-state index is 11.6. The number of likely N-dealkylation sites (tertiary alicyclic amines) is 1. The van der Waals surface area contributed by atoms with E-state index in [4.69, 9.17) is 0 Å². The number of hydrogen-bond donors (Lipinski definition) is 1. The van der Waals surface area contributed by atoms with Crippen LogP contribution in [0.1, 0.15) is 46.1 Å². The largest absolute Gasteiger partial charge is 0.350 e. The van der Waals surface area contributed by atoms with E-state index < -0.39 is 0 Å². The number of rotatable bonds is 4. The molecular weight excluding hydrogens is 272 g/mol. The molecule has 22 heavy (non-hydrogen) atoms. The van der Waals surface area contributed by atoms with E-state index in [1.165, 1.54) is 11.6 Å². The lowest BCUT2D eigenvalue weighted by molar-refractivity contribution is -0.119. The molecule has 1 N–H and O–H groups in total. The van der Waals surface area contributed by atoms with Crippen LogP contribution in [0.2, 0.25) is 0 Å². The van der Waals surface area contributed by atoms with Gasteiger partial charge in [-0.25, -0.2) is 0 Å². The molecule has 0 aromatic heterocycles. The molecule has 1 aliphatic heterocycles. The highest BCUT2D eigenvalue weighted by molar-refractivity contribution is 5.87. The third-order valence-electron chi connectivity index (χ3n) is 4.67. The van der Waals surface area contributed by atoms with Gasteiger partial charge >= 0.3 is 0 Å². The Balaban J connectivity index is 2.17. The van der Waals surface area contributed by atoms with Crippen molar-refractivity contribution in [1.29, 1.82) is 0 Å². The van der Waals surface area contributed by atoms with E-state index in [2.05, 4.69) is 74.8 Å². The van der Waals surface area contributed by atoms with E-state index in [0.717, 1.165) is 19.4 Å². The fraction of sp³-hybridized carbons (Fsp3) is 0.526. The van der Waals surface area contributed by atoms with E-state index in [1.807, 2.05) is 0 Å². The molecular formula is C19H28N2O. The zero-order valence-electron chi connectivity index (χ0n) is 14.2. The molecule has 0 spiro atoms. The average molecular weight is 300 g/mol. The number of nitrogens with zero attached hydrogens (tertiary/aromatic N) is 1. The molecule has 2 rings (SSSR count). The van der Waals surface area contributed by atoms with Gasteiger partial charge in [-0.05, 0) is 52.2 Å². The lowest BCUT2D eigenvalue weighted by Crippen LogP contribution is -2.63. The zero-order valence-corrected chi connectivity index (χ0v) is 14.2. The quantitative estimate of drug-likeness (QED) is 0.863. The standard InChI is InChI=1S/C19H28N2O/c1-6-17(22)20-16-12-18(2,3)21(19(4,5)13-16)14-15-10-8-7-9-11-15/h6-11,16H,1,12-14H2,2-5H3,(H,20,22). The molecule has 1 fully saturated rings. The van der Waals surface area contributed by atoms with Gasteiger partial charge in [0.05, 0.1) is 0 Å². The van der Waals surface area contributed by atoms with Crippen molar-refractivity contribution in [3.63, 3.8) is 0 Å². The van der Waals surface area contributed by atoms with E-state index in [1.54, 1.807) is 0 Å². The number of benzene rings is 1. The van der Waals surface area contributed by atoms with Crippen molar-refractivity contribution in [2.45, 2.75) is 64.2 Å². The molecule has 0 bridgehead atoms. The summed E-state index contributed by atoms with van der Waals surface area (Å²) in [7, 11) is 0. The van der Waals surface area contributed by atoms with E-state index in [0.29, 0.717) is 0 Å². The number of carbonyl (C=O) groups excluding carboxylic acids is 1. The van der Waals surface area contributed by atoms with Crippen molar-refractivity contribution >= 4 is 5.91 Å². The summed E-state index contributed by atoms with van der Waals surface area (Å²) in [6.45, 7) is 13.6. The summed E-state index contributed by atoms with van der Waals surface area (Å²) in [5.41, 5.74) is 1.38. The van der Waals surface area contributed by atoms with Crippen molar-refractivity contribution in [2.24, 2.45) is 0 Å². The SMILES string of the molecule is C=CC(=O)NC1CC(C)(C)N(Cc2ccccc2)C(C)(C)C1. The summed E-state index contributed by atoms with van der Waals surface area (Å²) in [5.74, 6) is -0.0758. The average Bonchev–Trinajstić information content (AvgIpc) is 2.43. The molecule has 0 aliphatic carbocycles. The maximum absolute atomic E-state index is 11.6. The number of carbonyl (C=O) groups is 1. The number of amides is 1. The van der Waals surface area contributed by atoms with E-state index in [-0.39, 0.29) is 23.0 Å². The Hall–Kier alpha value is -1.61. The third kappa shape index (κ3) is 3.77. The molecule has 1 aromatic carbocycles. The van der Waals surface area contributed by atoms with Crippen LogP contribution in [-0.4, -0.2) is 27.9 Å². The van der Waals surface area contributed by atoms with Crippen molar-refractivity contribution < 1.29 is 4.79 Å². The van der Waals surface area contributed by atoms with Crippen LogP contribution in [0.25, 0.3) is 0 Å². The van der Waals surface area contributed by atoms with Crippen LogP contribution in [0, 0.1) is 0 Å². The number of hydrogen-bond acceptors (Lipinski definition) is 2. The van der Waals surface area contributed by atoms with Gasteiger partial charge in [0, 0.05) is 23.7 Å². The molecule has 1 heterocycles. The topological polar surface area (TPSA) is 32.3 Å². The Morgan fingerprint density at radius 2 is 1.77 bits per heavy atom. The van der Waals surface area contributed by atoms with Crippen LogP contribution in [0.4, 0.5) is 0 Å². The predicted octanol–water partition coefficient (Wildman–Crippen LogP) is 3.51. The molecule has 0 saturated carbocycles. The minimum absolute atomic E-state index is 0.0245. The first-order valence-electron chi connectivity index (χ1n) is 7.99. The van der Waals surface area contributed by atoms with Crippen molar-refractivity contribution in [3.05, 3.63) is 48.6 Å². The fourth-order valence-electron chi connectivity index (χ4n) is 3.87. The van der Waals surface area contributed by atoms with Crippen LogP contribution in [-0.2, 0) is 11.3 Å². The monoisotopic (exact) mass is 300 g/mol. The first-order valence-corrected chi connectivity index (χ1v) is 7.99. The molecule has 3 heteroatoms. The fourth-order valence-corrected chi connectivity index (χ4v) is 3.87. The summed E-state index contributed by atoms with van der Waals surface area (Å²) in [6.07, 6.45) is 3.25. The molecule has 0 atom stereocenters. The van der Waals surface area contributed by atoms with Crippen LogP contribution in [0.15, 0.2) is 43.0 Å². The Labute approximate surface area is 134 Å². The second kappa shape index (κ2) is 6.25. The van der Waals surface area contributed by atoms with Crippen LogP contribution in [0.5, 0.6) is 0 Å². The number of nitrogens with one attached hydrogen (secondary N) is 1. The van der Waals surface area contributed by atoms with Gasteiger partial charge in [0.1, 0.15) is 0 Å². The minimum atomic E-state index is -0.0758. The highest BCUT2D eigenvalue weighted by Crippen LogP contribution is 2.39. The molecule has 1 amide bonds. The van der Waals surface area contributed by atoms with Crippen LogP contribution < -0.4 is 5.32 Å². The molecule has 1 saturated heterocycles. The summed E-state index contributed by atoms with van der Waals surface area (Å²) >= 11 is 0. The first kappa shape index (κ1) is 16.8. The van der Waals surface area contributed by atoms with Crippen LogP contribution >= 0.6 is 0 Å². The molecule has 1 aliphatic rings. The molecule has 0 unspecified atom stereocenters. The second-order valence-electron chi connectivity index (χ2n) is 7.51. The summed E-state index contributed by atoms with van der Waals surface area (Å²) in [4.78, 5) is 14.2. The molecule has 120 valence electrons. The van der Waals surface area contributed by atoms with Crippen molar-refractivity contribution in [2.75, 3.05) is 0 Å². The first-order chi connectivity index (χ1) is 10.2. The Morgan fingerprint density at radius 1 is 1.23 bits per heavy atom. The smallest absolute Gasteiger partial charge is 0.243 e. The normalized spacial score (nSPS) is 21.3. The maximum Gasteiger partial charge on any atom is 0.243 e. The van der Waals surface area contributed by atoms with E-state index in [9.17, 15) is 4.79 Å². The van der Waals surface area contributed by atoms with Gasteiger partial charge in [-0.3, -0.25) is 9.69 Å². The second-order valence-corrected chi connectivity index (χ2v) is 7.51. The van der Waals surface area contributed by atoms with Gasteiger partial charge in [0.25, 0.3) is 0 Å². The summed E-state index contributed by atoms with van der Waals surface area (Å²) in [6, 6.07) is 10.8. The Kier molecular flexibility index (Phi) is 4.76. The van der Waals surface area contributed by atoms with E-state index >= 15 is 0 Å². The highest BCUT2D eigenvalue weighted by Gasteiger charge is 2.45. The Bertz CT molecular complexity index is 516. The van der Waals surface area contributed by atoms with Crippen LogP contribution in [0.3, 0.4) is 0 Å². The number of piperidine rings is 1. The van der Waals surface area contributed by atoms with Crippen molar-refractivity contribution in [3.8, 4) is 0 Å². The van der Waals surface area contributed by atoms with Gasteiger partial charge in [0.15, 0.2) is 0 Å². The summed E-state index contributed by atoms with van der Waals surface area (Å²) in [5, 5.41) is 3.08. The van der Waals surface area contributed by atoms with Gasteiger partial charge in [-0.2, -0.15) is 0 Å². The van der Waals surface area contributed by atoms with Gasteiger partial charge in [-0.1, -0.05) is 36.9 Å². The molecule has 0 radical (unpaired) electrons. The Morgan fingerprint density at radius 3 is 2.27 bits per heavy atom. The lowest BCUT2D eigenvalue weighted by Gasteiger charge is -2.55. The van der Waals surface area contributed by atoms with Crippen molar-refractivity contribution in [1.82, 2.24) is 10.2 Å². The van der Waals surface area contributed by atoms with Gasteiger partial charge in [0.2, 0.25) is 5.91 Å². The minimum Gasteiger partial charge on any atom is -0.350 e. The molecule has 1 aromatic rings.